The average Bonchev–Trinajstić information content (AvgIpc) is 2.50. The van der Waals surface area contributed by atoms with Crippen molar-refractivity contribution in [2.75, 3.05) is 5.88 Å². The Morgan fingerprint density at radius 3 is 2.91 bits per heavy atom. The summed E-state index contributed by atoms with van der Waals surface area (Å²) in [5.41, 5.74) is 0.834. The van der Waals surface area contributed by atoms with Crippen LogP contribution in [0.3, 0.4) is 0 Å². The zero-order chi connectivity index (χ0) is 8.27. The number of nitrogens with one attached hydrogen (secondary N) is 1. The Balaban J connectivity index is 2.88. The molecule has 0 saturated carbocycles. The summed E-state index contributed by atoms with van der Waals surface area (Å²) in [5.74, 6) is -0.244. The molecule has 1 aromatic rings. The van der Waals surface area contributed by atoms with Gasteiger partial charge in [0.25, 0.3) is 0 Å². The highest BCUT2D eigenvalue weighted by atomic mass is 35.5. The Morgan fingerprint density at radius 1 is 1.73 bits per heavy atom. The first-order chi connectivity index (χ1) is 5.27. The lowest BCUT2D eigenvalue weighted by molar-refractivity contribution is 0.102. The molecule has 1 rings (SSSR count). The molecule has 58 valence electrons. The SMILES string of the molecule is O=Cc1cc(C(=O)CCl)c[nH]1. The van der Waals surface area contributed by atoms with Gasteiger partial charge in [-0.25, -0.2) is 0 Å². The van der Waals surface area contributed by atoms with Crippen molar-refractivity contribution in [1.82, 2.24) is 4.98 Å². The quantitative estimate of drug-likeness (QED) is 0.423. The highest BCUT2D eigenvalue weighted by Crippen LogP contribution is 2.03. The second-order valence-corrected chi connectivity index (χ2v) is 2.29. The lowest BCUT2D eigenvalue weighted by atomic mass is 10.2. The van der Waals surface area contributed by atoms with Crippen LogP contribution in [0.2, 0.25) is 0 Å². The first-order valence-corrected chi connectivity index (χ1v) is 3.54. The number of carbonyl (C=O) groups excluding carboxylic acids is 2. The number of hydrogen-bond acceptors (Lipinski definition) is 2. The van der Waals surface area contributed by atoms with Crippen molar-refractivity contribution < 1.29 is 9.59 Å². The third kappa shape index (κ3) is 1.68. The number of carbonyl (C=O) groups is 2. The van der Waals surface area contributed by atoms with Gasteiger partial charge in [0.05, 0.1) is 11.6 Å². The number of Topliss-reactive ketones (excluding diaryl/α,β-unsaturated/α-hetero) is 1. The van der Waals surface area contributed by atoms with Crippen LogP contribution in [-0.4, -0.2) is 22.9 Å². The number of halogens is 1. The third-order valence-corrected chi connectivity index (χ3v) is 1.52. The van der Waals surface area contributed by atoms with Crippen molar-refractivity contribution >= 4 is 23.7 Å². The van der Waals surface area contributed by atoms with Crippen molar-refractivity contribution in [3.63, 3.8) is 0 Å². The Bertz CT molecular complexity index is 280. The lowest BCUT2D eigenvalue weighted by Crippen LogP contribution is -1.97. The fourth-order valence-corrected chi connectivity index (χ4v) is 0.872. The van der Waals surface area contributed by atoms with Crippen molar-refractivity contribution in [2.24, 2.45) is 0 Å². The molecular weight excluding hydrogens is 166 g/mol. The number of aromatic nitrogens is 1. The van der Waals surface area contributed by atoms with Crippen molar-refractivity contribution in [3.8, 4) is 0 Å². The third-order valence-electron chi connectivity index (χ3n) is 1.28. The monoisotopic (exact) mass is 171 g/mol. The van der Waals surface area contributed by atoms with Gasteiger partial charge in [0.1, 0.15) is 0 Å². The van der Waals surface area contributed by atoms with Crippen LogP contribution < -0.4 is 0 Å². The summed E-state index contributed by atoms with van der Waals surface area (Å²) in [4.78, 5) is 23.7. The van der Waals surface area contributed by atoms with Gasteiger partial charge in [0, 0.05) is 11.8 Å². The summed E-state index contributed by atoms with van der Waals surface area (Å²) in [7, 11) is 0. The summed E-state index contributed by atoms with van der Waals surface area (Å²) in [5, 5.41) is 0. The second-order valence-electron chi connectivity index (χ2n) is 2.02. The molecule has 3 nitrogen and oxygen atoms in total. The number of aromatic amines is 1. The topological polar surface area (TPSA) is 49.9 Å². The van der Waals surface area contributed by atoms with E-state index in [1.807, 2.05) is 0 Å². The van der Waals surface area contributed by atoms with E-state index >= 15 is 0 Å². The van der Waals surface area contributed by atoms with Gasteiger partial charge in [0.2, 0.25) is 0 Å². The Morgan fingerprint density at radius 2 is 2.45 bits per heavy atom. The van der Waals surface area contributed by atoms with Crippen LogP contribution in [0, 0.1) is 0 Å². The molecule has 1 aromatic heterocycles. The second kappa shape index (κ2) is 3.34. The van der Waals surface area contributed by atoms with E-state index in [1.165, 1.54) is 12.3 Å². The smallest absolute Gasteiger partial charge is 0.179 e. The molecule has 4 heteroatoms. The summed E-state index contributed by atoms with van der Waals surface area (Å²) < 4.78 is 0. The number of alkyl halides is 1. The van der Waals surface area contributed by atoms with E-state index in [4.69, 9.17) is 11.6 Å². The van der Waals surface area contributed by atoms with Gasteiger partial charge < -0.3 is 4.98 Å². The minimum Gasteiger partial charge on any atom is -0.358 e. The molecule has 0 radical (unpaired) electrons. The molecule has 0 spiro atoms. The van der Waals surface area contributed by atoms with Crippen LogP contribution in [0.5, 0.6) is 0 Å². The number of ketones is 1. The summed E-state index contributed by atoms with van der Waals surface area (Å²) in [6, 6.07) is 1.47. The van der Waals surface area contributed by atoms with Crippen LogP contribution in [0.4, 0.5) is 0 Å². The van der Waals surface area contributed by atoms with Crippen LogP contribution in [0.1, 0.15) is 20.8 Å². The summed E-state index contributed by atoms with van der Waals surface area (Å²) >= 11 is 5.29. The van der Waals surface area contributed by atoms with Gasteiger partial charge in [-0.15, -0.1) is 11.6 Å². The predicted molar refractivity (Wildman–Crippen MR) is 41.2 cm³/mol. The minimum absolute atomic E-state index is 0.0594. The Labute approximate surface area is 68.4 Å². The molecule has 1 heterocycles. The van der Waals surface area contributed by atoms with Crippen molar-refractivity contribution in [3.05, 3.63) is 23.5 Å². The highest BCUT2D eigenvalue weighted by molar-refractivity contribution is 6.30. The van der Waals surface area contributed by atoms with Gasteiger partial charge in [-0.1, -0.05) is 0 Å². The van der Waals surface area contributed by atoms with Crippen LogP contribution >= 0.6 is 11.6 Å². The van der Waals surface area contributed by atoms with Gasteiger partial charge in [-0.2, -0.15) is 0 Å². The number of H-pyrrole nitrogens is 1. The molecule has 0 aliphatic heterocycles. The molecule has 0 saturated heterocycles. The Hall–Kier alpha value is -1.09. The van der Waals surface area contributed by atoms with E-state index in [2.05, 4.69) is 4.98 Å². The van der Waals surface area contributed by atoms with Gasteiger partial charge >= 0.3 is 0 Å². The highest BCUT2D eigenvalue weighted by Gasteiger charge is 2.05. The van der Waals surface area contributed by atoms with Crippen molar-refractivity contribution in [2.45, 2.75) is 0 Å². The van der Waals surface area contributed by atoms with E-state index in [-0.39, 0.29) is 11.7 Å². The number of rotatable bonds is 3. The van der Waals surface area contributed by atoms with Gasteiger partial charge in [-0.05, 0) is 6.07 Å². The Kier molecular flexibility index (Phi) is 2.44. The number of hydrogen-bond donors (Lipinski definition) is 1. The molecule has 1 N–H and O–H groups in total. The van der Waals surface area contributed by atoms with E-state index in [9.17, 15) is 9.59 Å². The fourth-order valence-electron chi connectivity index (χ4n) is 0.718. The lowest BCUT2D eigenvalue weighted by Gasteiger charge is -1.85. The number of aldehydes is 1. The maximum atomic E-state index is 10.9. The van der Waals surface area contributed by atoms with E-state index in [0.717, 1.165) is 0 Å². The first kappa shape index (κ1) is 8.01. The molecular formula is C7H6ClNO2. The average molecular weight is 172 g/mol. The fraction of sp³-hybridized carbons (Fsp3) is 0.143. The van der Waals surface area contributed by atoms with Crippen LogP contribution in [0.15, 0.2) is 12.3 Å². The van der Waals surface area contributed by atoms with Crippen LogP contribution in [0.25, 0.3) is 0 Å². The molecule has 0 amide bonds. The normalized spacial score (nSPS) is 9.55. The molecule has 0 bridgehead atoms. The van der Waals surface area contributed by atoms with E-state index in [1.54, 1.807) is 0 Å². The molecule has 0 aliphatic rings. The zero-order valence-corrected chi connectivity index (χ0v) is 6.39. The maximum absolute atomic E-state index is 10.9. The predicted octanol–water partition coefficient (Wildman–Crippen LogP) is 1.25. The zero-order valence-electron chi connectivity index (χ0n) is 5.63. The molecule has 11 heavy (non-hydrogen) atoms. The molecule has 0 atom stereocenters. The molecule has 0 unspecified atom stereocenters. The van der Waals surface area contributed by atoms with Crippen LogP contribution in [-0.2, 0) is 0 Å². The minimum atomic E-state index is -0.184. The molecule has 0 fully saturated rings. The van der Waals surface area contributed by atoms with Gasteiger partial charge in [-0.3, -0.25) is 9.59 Å². The first-order valence-electron chi connectivity index (χ1n) is 3.00. The molecule has 0 aliphatic carbocycles. The maximum Gasteiger partial charge on any atom is 0.179 e. The van der Waals surface area contributed by atoms with Gasteiger partial charge in [0.15, 0.2) is 12.1 Å². The summed E-state index contributed by atoms with van der Waals surface area (Å²) in [6.45, 7) is 0. The summed E-state index contributed by atoms with van der Waals surface area (Å²) in [6.07, 6.45) is 2.11. The largest absolute Gasteiger partial charge is 0.358 e. The van der Waals surface area contributed by atoms with E-state index in [0.29, 0.717) is 17.5 Å². The molecule has 0 aromatic carbocycles. The standard InChI is InChI=1S/C7H6ClNO2/c8-2-7(11)5-1-6(4-10)9-3-5/h1,3-4,9H,2H2. The van der Waals surface area contributed by atoms with E-state index < -0.39 is 0 Å². The van der Waals surface area contributed by atoms with Crippen molar-refractivity contribution in [1.29, 1.82) is 0 Å².